The fourth-order valence-electron chi connectivity index (χ4n) is 1.10. The van der Waals surface area contributed by atoms with Crippen molar-refractivity contribution in [3.63, 3.8) is 0 Å². The van der Waals surface area contributed by atoms with E-state index in [9.17, 15) is 9.59 Å². The monoisotopic (exact) mass is 179 g/mol. The maximum atomic E-state index is 10.7. The van der Waals surface area contributed by atoms with E-state index in [1.165, 1.54) is 6.07 Å². The van der Waals surface area contributed by atoms with Crippen LogP contribution in [0.3, 0.4) is 0 Å². The van der Waals surface area contributed by atoms with Gasteiger partial charge in [-0.2, -0.15) is 0 Å². The maximum Gasteiger partial charge on any atom is 0.336 e. The highest BCUT2D eigenvalue weighted by Gasteiger charge is 2.11. The zero-order chi connectivity index (χ0) is 9.84. The molecule has 0 radical (unpaired) electrons. The summed E-state index contributed by atoms with van der Waals surface area (Å²) in [5, 5.41) is 11.5. The molecule has 0 aliphatic carbocycles. The molecule has 1 aromatic carbocycles. The van der Waals surface area contributed by atoms with Crippen LogP contribution in [0.4, 0.5) is 5.69 Å². The molecule has 0 fully saturated rings. The summed E-state index contributed by atoms with van der Waals surface area (Å²) in [4.78, 5) is 21.3. The summed E-state index contributed by atoms with van der Waals surface area (Å²) >= 11 is 0. The Bertz CT molecular complexity index is 347. The van der Waals surface area contributed by atoms with Crippen molar-refractivity contribution in [1.82, 2.24) is 0 Å². The standard InChI is InChI=1S/C9H9NO3/c1-10-8-4-2-3-6(9(12)13)7(8)5-11/h2-5,10H,1H3,(H,12,13). The van der Waals surface area contributed by atoms with Gasteiger partial charge in [-0.15, -0.1) is 0 Å². The van der Waals surface area contributed by atoms with Gasteiger partial charge >= 0.3 is 5.97 Å². The lowest BCUT2D eigenvalue weighted by molar-refractivity contribution is 0.0694. The molecule has 0 saturated carbocycles. The van der Waals surface area contributed by atoms with Crippen molar-refractivity contribution in [3.05, 3.63) is 29.3 Å². The Morgan fingerprint density at radius 3 is 2.69 bits per heavy atom. The topological polar surface area (TPSA) is 66.4 Å². The van der Waals surface area contributed by atoms with Gasteiger partial charge in [-0.05, 0) is 12.1 Å². The molecule has 0 bridgehead atoms. The van der Waals surface area contributed by atoms with Gasteiger partial charge in [0.2, 0.25) is 0 Å². The molecule has 4 heteroatoms. The van der Waals surface area contributed by atoms with Gasteiger partial charge < -0.3 is 10.4 Å². The largest absolute Gasteiger partial charge is 0.478 e. The molecule has 0 aromatic heterocycles. The van der Waals surface area contributed by atoms with Crippen molar-refractivity contribution >= 4 is 17.9 Å². The number of aldehydes is 1. The second-order valence-corrected chi connectivity index (χ2v) is 2.44. The molecule has 0 aliphatic heterocycles. The van der Waals surface area contributed by atoms with Crippen molar-refractivity contribution < 1.29 is 14.7 Å². The highest BCUT2D eigenvalue weighted by Crippen LogP contribution is 2.17. The lowest BCUT2D eigenvalue weighted by atomic mass is 10.1. The average Bonchev–Trinajstić information content (AvgIpc) is 2.16. The zero-order valence-corrected chi connectivity index (χ0v) is 7.07. The van der Waals surface area contributed by atoms with Gasteiger partial charge in [-0.1, -0.05) is 6.07 Å². The first-order chi connectivity index (χ1) is 6.20. The fraction of sp³-hybridized carbons (Fsp3) is 0.111. The number of carboxylic acid groups (broad SMARTS) is 1. The van der Waals surface area contributed by atoms with E-state index in [2.05, 4.69) is 5.32 Å². The van der Waals surface area contributed by atoms with Crippen LogP contribution in [0.1, 0.15) is 20.7 Å². The summed E-state index contributed by atoms with van der Waals surface area (Å²) in [7, 11) is 1.63. The summed E-state index contributed by atoms with van der Waals surface area (Å²) in [6.07, 6.45) is 0.537. The molecular weight excluding hydrogens is 170 g/mol. The lowest BCUT2D eigenvalue weighted by Crippen LogP contribution is -2.04. The summed E-state index contributed by atoms with van der Waals surface area (Å²) in [6, 6.07) is 4.63. The van der Waals surface area contributed by atoms with Crippen molar-refractivity contribution in [2.45, 2.75) is 0 Å². The second kappa shape index (κ2) is 3.71. The van der Waals surface area contributed by atoms with Gasteiger partial charge in [-0.25, -0.2) is 4.79 Å². The molecule has 2 N–H and O–H groups in total. The first kappa shape index (κ1) is 9.25. The average molecular weight is 179 g/mol. The molecule has 1 rings (SSSR count). The minimum absolute atomic E-state index is 0.0156. The lowest BCUT2D eigenvalue weighted by Gasteiger charge is -2.05. The van der Waals surface area contributed by atoms with Crippen LogP contribution in [0.5, 0.6) is 0 Å². The molecule has 1 aromatic rings. The molecule has 0 atom stereocenters. The molecule has 0 spiro atoms. The molecule has 4 nitrogen and oxygen atoms in total. The van der Waals surface area contributed by atoms with E-state index in [1.807, 2.05) is 0 Å². The van der Waals surface area contributed by atoms with E-state index in [0.29, 0.717) is 12.0 Å². The van der Waals surface area contributed by atoms with Crippen LogP contribution in [-0.2, 0) is 0 Å². The number of hydrogen-bond donors (Lipinski definition) is 2. The van der Waals surface area contributed by atoms with E-state index in [0.717, 1.165) is 0 Å². The number of carboxylic acids is 1. The van der Waals surface area contributed by atoms with Crippen molar-refractivity contribution in [2.24, 2.45) is 0 Å². The van der Waals surface area contributed by atoms with Crippen LogP contribution in [0.25, 0.3) is 0 Å². The highest BCUT2D eigenvalue weighted by atomic mass is 16.4. The number of benzene rings is 1. The molecule has 68 valence electrons. The predicted molar refractivity (Wildman–Crippen MR) is 48.3 cm³/mol. The fourth-order valence-corrected chi connectivity index (χ4v) is 1.10. The van der Waals surface area contributed by atoms with Crippen LogP contribution in [0.15, 0.2) is 18.2 Å². The number of nitrogens with one attached hydrogen (secondary N) is 1. The predicted octanol–water partition coefficient (Wildman–Crippen LogP) is 1.24. The minimum atomic E-state index is -1.10. The van der Waals surface area contributed by atoms with Crippen molar-refractivity contribution in [3.8, 4) is 0 Å². The smallest absolute Gasteiger partial charge is 0.336 e. The maximum absolute atomic E-state index is 10.7. The number of hydrogen-bond acceptors (Lipinski definition) is 3. The van der Waals surface area contributed by atoms with Gasteiger partial charge in [0.05, 0.1) is 11.1 Å². The Hall–Kier alpha value is -1.84. The zero-order valence-electron chi connectivity index (χ0n) is 7.07. The number of anilines is 1. The van der Waals surface area contributed by atoms with Crippen LogP contribution in [0, 0.1) is 0 Å². The van der Waals surface area contributed by atoms with E-state index in [1.54, 1.807) is 19.2 Å². The van der Waals surface area contributed by atoms with Crippen LogP contribution < -0.4 is 5.32 Å². The summed E-state index contributed by atoms with van der Waals surface area (Å²) in [5.41, 5.74) is 0.717. The second-order valence-electron chi connectivity index (χ2n) is 2.44. The summed E-state index contributed by atoms with van der Waals surface area (Å²) < 4.78 is 0. The first-order valence-corrected chi connectivity index (χ1v) is 3.70. The number of carbonyl (C=O) groups excluding carboxylic acids is 1. The highest BCUT2D eigenvalue weighted by molar-refractivity contribution is 6.00. The van der Waals surface area contributed by atoms with Crippen LogP contribution in [0.2, 0.25) is 0 Å². The third-order valence-corrected chi connectivity index (χ3v) is 1.72. The molecule has 0 heterocycles. The number of carbonyl (C=O) groups is 2. The van der Waals surface area contributed by atoms with Gasteiger partial charge in [-0.3, -0.25) is 4.79 Å². The Labute approximate surface area is 75.2 Å². The number of aromatic carboxylic acids is 1. The summed E-state index contributed by atoms with van der Waals surface area (Å²) in [5.74, 6) is -1.10. The summed E-state index contributed by atoms with van der Waals surface area (Å²) in [6.45, 7) is 0. The van der Waals surface area contributed by atoms with E-state index in [4.69, 9.17) is 5.11 Å². The third kappa shape index (κ3) is 1.66. The molecule has 0 amide bonds. The molecule has 0 unspecified atom stereocenters. The van der Waals surface area contributed by atoms with E-state index >= 15 is 0 Å². The molecule has 0 saturated heterocycles. The molecule has 0 aliphatic rings. The van der Waals surface area contributed by atoms with E-state index in [-0.39, 0.29) is 11.1 Å². The Morgan fingerprint density at radius 2 is 2.23 bits per heavy atom. The van der Waals surface area contributed by atoms with Crippen molar-refractivity contribution in [1.29, 1.82) is 0 Å². The normalized spacial score (nSPS) is 9.31. The van der Waals surface area contributed by atoms with Gasteiger partial charge in [0.25, 0.3) is 0 Å². The van der Waals surface area contributed by atoms with Crippen LogP contribution in [-0.4, -0.2) is 24.4 Å². The Morgan fingerprint density at radius 1 is 1.54 bits per heavy atom. The number of rotatable bonds is 3. The SMILES string of the molecule is CNc1cccc(C(=O)O)c1C=O. The van der Waals surface area contributed by atoms with Crippen LogP contribution >= 0.6 is 0 Å². The van der Waals surface area contributed by atoms with E-state index < -0.39 is 5.97 Å². The third-order valence-electron chi connectivity index (χ3n) is 1.72. The minimum Gasteiger partial charge on any atom is -0.478 e. The van der Waals surface area contributed by atoms with Crippen molar-refractivity contribution in [2.75, 3.05) is 12.4 Å². The van der Waals surface area contributed by atoms with Gasteiger partial charge in [0.1, 0.15) is 0 Å². The Kier molecular flexibility index (Phi) is 2.64. The first-order valence-electron chi connectivity index (χ1n) is 3.70. The quantitative estimate of drug-likeness (QED) is 0.685. The molecular formula is C9H9NO3. The van der Waals surface area contributed by atoms with Gasteiger partial charge in [0.15, 0.2) is 6.29 Å². The Balaban J connectivity index is 3.35. The van der Waals surface area contributed by atoms with Gasteiger partial charge in [0, 0.05) is 12.7 Å². The molecule has 13 heavy (non-hydrogen) atoms.